The predicted octanol–water partition coefficient (Wildman–Crippen LogP) is 4.23. The van der Waals surface area contributed by atoms with E-state index in [0.29, 0.717) is 24.6 Å². The van der Waals surface area contributed by atoms with E-state index >= 15 is 0 Å². The molecule has 1 aromatic heterocycles. The summed E-state index contributed by atoms with van der Waals surface area (Å²) in [4.78, 5) is 53.6. The summed E-state index contributed by atoms with van der Waals surface area (Å²) in [7, 11) is 2.19. The molecule has 0 radical (unpaired) electrons. The molecule has 2 atom stereocenters. The summed E-state index contributed by atoms with van der Waals surface area (Å²) in [6.07, 6.45) is 11.1. The summed E-state index contributed by atoms with van der Waals surface area (Å²) in [5, 5.41) is 4.54. The van der Waals surface area contributed by atoms with Crippen LogP contribution in [-0.2, 0) is 40.2 Å². The molecule has 0 bridgehead atoms. The SMILES string of the molecule is CC.CN1CCCC1c1cc(=C/N)/c(=C\Cc2ccc(CCCc3ccc(-c4cccc5c4CN(C4CCC(=O)NC4=O)C5=O)cc3)cc2)[nH]1.NC=O. The molecular formula is C43H52N6O4. The van der Waals surface area contributed by atoms with Gasteiger partial charge in [-0.2, -0.15) is 0 Å². The number of rotatable bonds is 9. The van der Waals surface area contributed by atoms with Crippen molar-refractivity contribution in [2.75, 3.05) is 13.6 Å². The second-order valence-corrected chi connectivity index (χ2v) is 13.5. The maximum absolute atomic E-state index is 13.2. The van der Waals surface area contributed by atoms with Gasteiger partial charge in [0.1, 0.15) is 6.04 Å². The lowest BCUT2D eigenvalue weighted by atomic mass is 9.95. The molecule has 53 heavy (non-hydrogen) atoms. The number of nitrogens with one attached hydrogen (secondary N) is 2. The number of likely N-dealkylation sites (tertiary alicyclic amines) is 1. The fraction of sp³-hybridized carbons (Fsp3) is 0.349. The van der Waals surface area contributed by atoms with Crippen LogP contribution in [0.15, 0.2) is 72.8 Å². The minimum absolute atomic E-state index is 0.148. The number of benzene rings is 3. The molecule has 4 aromatic rings. The molecule has 6 N–H and O–H groups in total. The fourth-order valence-corrected chi connectivity index (χ4v) is 7.56. The molecule has 0 spiro atoms. The second-order valence-electron chi connectivity index (χ2n) is 13.5. The van der Waals surface area contributed by atoms with Gasteiger partial charge >= 0.3 is 0 Å². The number of amides is 4. The standard InChI is InChI=1S/C40H43N5O3.C2H6.CH3NO/c1-44-22-4-9-36(44)35-23-30(24-41)34(42-35)19-16-28-12-10-26(11-13-28)5-2-6-27-14-17-29(18-15-27)31-7-3-8-32-33(31)25-45(40(32)48)37-20-21-38(46)43-39(37)47;1-2;2-1-3/h3,7-8,10-15,17-19,23-24,36-37,42H,2,4-6,9,16,20-22,25,41H2,1H3,(H,43,46,47);1-2H3;1H,(H2,2,3)/b30-24-,34-19+;;. The van der Waals surface area contributed by atoms with E-state index in [1.807, 2.05) is 32.0 Å². The highest BCUT2D eigenvalue weighted by Gasteiger charge is 2.39. The Balaban J connectivity index is 0.00000103. The smallest absolute Gasteiger partial charge is 0.255 e. The van der Waals surface area contributed by atoms with E-state index in [1.54, 1.807) is 11.1 Å². The maximum atomic E-state index is 13.2. The number of fused-ring (bicyclic) bond motifs is 1. The Labute approximate surface area is 311 Å². The molecule has 10 heteroatoms. The first-order valence-electron chi connectivity index (χ1n) is 18.7. The molecule has 4 amide bonds. The molecule has 4 heterocycles. The third-order valence-electron chi connectivity index (χ3n) is 10.3. The topological polar surface area (TPSA) is 155 Å². The van der Waals surface area contributed by atoms with E-state index in [4.69, 9.17) is 10.5 Å². The van der Waals surface area contributed by atoms with Crippen molar-refractivity contribution >= 4 is 36.4 Å². The largest absolute Gasteiger partial charge is 0.404 e. The van der Waals surface area contributed by atoms with Crippen LogP contribution in [0.2, 0.25) is 0 Å². The van der Waals surface area contributed by atoms with E-state index in [2.05, 4.69) is 88.7 Å². The van der Waals surface area contributed by atoms with Crippen LogP contribution in [0, 0.1) is 0 Å². The lowest BCUT2D eigenvalue weighted by Crippen LogP contribution is -2.52. The summed E-state index contributed by atoms with van der Waals surface area (Å²) >= 11 is 0. The number of nitrogens with zero attached hydrogens (tertiary/aromatic N) is 2. The molecule has 2 unspecified atom stereocenters. The van der Waals surface area contributed by atoms with Crippen LogP contribution in [0.3, 0.4) is 0 Å². The summed E-state index contributed by atoms with van der Waals surface area (Å²) in [6.45, 7) is 5.51. The lowest BCUT2D eigenvalue weighted by Gasteiger charge is -2.29. The van der Waals surface area contributed by atoms with Crippen LogP contribution < -0.4 is 27.4 Å². The van der Waals surface area contributed by atoms with Gasteiger partial charge < -0.3 is 21.4 Å². The minimum Gasteiger partial charge on any atom is -0.404 e. The summed E-state index contributed by atoms with van der Waals surface area (Å²) < 4.78 is 0. The predicted molar refractivity (Wildman–Crippen MR) is 209 cm³/mol. The van der Waals surface area contributed by atoms with Gasteiger partial charge in [-0.05, 0) is 104 Å². The highest BCUT2D eigenvalue weighted by molar-refractivity contribution is 6.06. The second kappa shape index (κ2) is 18.3. The van der Waals surface area contributed by atoms with E-state index in [9.17, 15) is 14.4 Å². The Hall–Kier alpha value is -5.48. The van der Waals surface area contributed by atoms with Crippen LogP contribution >= 0.6 is 0 Å². The van der Waals surface area contributed by atoms with Gasteiger partial charge in [-0.3, -0.25) is 29.4 Å². The number of nitrogens with two attached hydrogens (primary N) is 2. The fourth-order valence-electron chi connectivity index (χ4n) is 7.56. The number of aryl methyl sites for hydroxylation is 2. The zero-order valence-electron chi connectivity index (χ0n) is 31.1. The molecule has 2 fully saturated rings. The van der Waals surface area contributed by atoms with Crippen LogP contribution in [0.25, 0.3) is 23.4 Å². The molecule has 7 rings (SSSR count). The Morgan fingerprint density at radius 1 is 0.849 bits per heavy atom. The first-order chi connectivity index (χ1) is 25.8. The number of primary amides is 1. The van der Waals surface area contributed by atoms with E-state index in [-0.39, 0.29) is 30.6 Å². The average Bonchev–Trinajstić information content (AvgIpc) is 3.89. The summed E-state index contributed by atoms with van der Waals surface area (Å²) in [5.74, 6) is -0.814. The van der Waals surface area contributed by atoms with Gasteiger partial charge in [0.15, 0.2) is 0 Å². The first-order valence-corrected chi connectivity index (χ1v) is 18.7. The highest BCUT2D eigenvalue weighted by atomic mass is 16.2. The van der Waals surface area contributed by atoms with Gasteiger partial charge in [0.2, 0.25) is 18.2 Å². The van der Waals surface area contributed by atoms with E-state index in [1.165, 1.54) is 35.2 Å². The lowest BCUT2D eigenvalue weighted by molar-refractivity contribution is -0.136. The Morgan fingerprint density at radius 3 is 2.11 bits per heavy atom. The normalized spacial score (nSPS) is 18.9. The van der Waals surface area contributed by atoms with Crippen molar-refractivity contribution in [3.63, 3.8) is 0 Å². The van der Waals surface area contributed by atoms with Crippen molar-refractivity contribution in [2.24, 2.45) is 11.5 Å². The van der Waals surface area contributed by atoms with E-state index < -0.39 is 6.04 Å². The molecule has 0 aliphatic carbocycles. The van der Waals surface area contributed by atoms with Crippen molar-refractivity contribution in [1.29, 1.82) is 0 Å². The quantitative estimate of drug-likeness (QED) is 0.150. The number of carbonyl (C=O) groups is 4. The number of carbonyl (C=O) groups excluding carboxylic acids is 4. The zero-order valence-corrected chi connectivity index (χ0v) is 31.1. The molecule has 10 nitrogen and oxygen atoms in total. The van der Waals surface area contributed by atoms with Crippen molar-refractivity contribution in [2.45, 2.75) is 83.8 Å². The molecule has 278 valence electrons. The van der Waals surface area contributed by atoms with Gasteiger partial charge in [0.05, 0.1) is 0 Å². The van der Waals surface area contributed by atoms with Gasteiger partial charge in [0, 0.05) is 47.0 Å². The van der Waals surface area contributed by atoms with Gasteiger partial charge in [0.25, 0.3) is 5.91 Å². The zero-order chi connectivity index (χ0) is 37.9. The van der Waals surface area contributed by atoms with Gasteiger partial charge in [-0.1, -0.05) is 80.6 Å². The third-order valence-corrected chi connectivity index (χ3v) is 10.3. The van der Waals surface area contributed by atoms with Gasteiger partial charge in [-0.25, -0.2) is 0 Å². The number of H-pyrrole nitrogens is 1. The third kappa shape index (κ3) is 9.13. The average molecular weight is 717 g/mol. The van der Waals surface area contributed by atoms with Crippen molar-refractivity contribution in [3.8, 4) is 11.1 Å². The molecular weight excluding hydrogens is 665 g/mol. The van der Waals surface area contributed by atoms with Crippen LogP contribution in [0.1, 0.15) is 90.3 Å². The Morgan fingerprint density at radius 2 is 1.49 bits per heavy atom. The summed E-state index contributed by atoms with van der Waals surface area (Å²) in [6, 6.07) is 25.3. The summed E-state index contributed by atoms with van der Waals surface area (Å²) in [5.41, 5.74) is 18.9. The molecule has 2 saturated heterocycles. The number of aromatic nitrogens is 1. The van der Waals surface area contributed by atoms with Crippen LogP contribution in [0.4, 0.5) is 0 Å². The number of hydrogen-bond acceptors (Lipinski definition) is 6. The molecule has 0 saturated carbocycles. The van der Waals surface area contributed by atoms with E-state index in [0.717, 1.165) is 59.5 Å². The van der Waals surface area contributed by atoms with Crippen molar-refractivity contribution < 1.29 is 19.2 Å². The molecule has 3 aliphatic rings. The Kier molecular flexibility index (Phi) is 13.4. The molecule has 3 aromatic carbocycles. The van der Waals surface area contributed by atoms with Crippen molar-refractivity contribution in [3.05, 3.63) is 117 Å². The maximum Gasteiger partial charge on any atom is 0.255 e. The minimum atomic E-state index is -0.614. The van der Waals surface area contributed by atoms with Crippen LogP contribution in [0.5, 0.6) is 0 Å². The monoisotopic (exact) mass is 716 g/mol. The van der Waals surface area contributed by atoms with Crippen molar-refractivity contribution in [1.82, 2.24) is 20.1 Å². The highest BCUT2D eigenvalue weighted by Crippen LogP contribution is 2.35. The molecule has 3 aliphatic heterocycles. The number of piperidine rings is 1. The number of hydrogen-bond donors (Lipinski definition) is 4. The Bertz CT molecular complexity index is 2020. The van der Waals surface area contributed by atoms with Crippen LogP contribution in [-0.4, -0.2) is 58.5 Å². The number of aromatic amines is 1. The van der Waals surface area contributed by atoms with Gasteiger partial charge in [-0.15, -0.1) is 0 Å². The number of imide groups is 1. The first kappa shape index (κ1) is 38.7.